The molecule has 0 radical (unpaired) electrons. The van der Waals surface area contributed by atoms with Crippen LogP contribution in [0.25, 0.3) is 0 Å². The van der Waals surface area contributed by atoms with E-state index in [1.807, 2.05) is 0 Å². The van der Waals surface area contributed by atoms with E-state index in [9.17, 15) is 14.7 Å². The lowest BCUT2D eigenvalue weighted by molar-refractivity contribution is -0.140. The largest absolute Gasteiger partial charge is 0.481 e. The maximum Gasteiger partial charge on any atom is 0.304 e. The van der Waals surface area contributed by atoms with Gasteiger partial charge < -0.3 is 5.11 Å². The minimum atomic E-state index is -0.823. The number of aliphatic carboxylic acids is 1. The van der Waals surface area contributed by atoms with E-state index >= 15 is 0 Å². The Labute approximate surface area is 226 Å². The molecule has 0 saturated heterocycles. The first-order chi connectivity index (χ1) is 17.5. The Bertz CT molecular complexity index is 485. The zero-order chi connectivity index (χ0) is 26.7. The molecule has 1 N–H and O–H groups in total. The summed E-state index contributed by atoms with van der Waals surface area (Å²) < 4.78 is 0. The van der Waals surface area contributed by atoms with Crippen molar-refractivity contribution in [2.24, 2.45) is 11.8 Å². The average Bonchev–Trinajstić information content (AvgIpc) is 2.84. The van der Waals surface area contributed by atoms with Crippen molar-refractivity contribution < 1.29 is 14.7 Å². The topological polar surface area (TPSA) is 54.4 Å². The van der Waals surface area contributed by atoms with Gasteiger partial charge in [-0.3, -0.25) is 9.59 Å². The number of ketones is 1. The number of carboxylic acid groups (broad SMARTS) is 1. The highest BCUT2D eigenvalue weighted by Crippen LogP contribution is 2.20. The van der Waals surface area contributed by atoms with Crippen LogP contribution in [-0.2, 0) is 9.59 Å². The quantitative estimate of drug-likeness (QED) is 0.102. The summed E-state index contributed by atoms with van der Waals surface area (Å²) in [5.41, 5.74) is 0. The molecule has 0 heterocycles. The molecule has 0 bridgehead atoms. The maximum absolute atomic E-state index is 12.7. The van der Waals surface area contributed by atoms with E-state index in [2.05, 4.69) is 20.8 Å². The third-order valence-corrected chi connectivity index (χ3v) is 7.74. The summed E-state index contributed by atoms with van der Waals surface area (Å²) in [7, 11) is 0. The van der Waals surface area contributed by atoms with Crippen LogP contribution in [0.5, 0.6) is 0 Å². The second-order valence-electron chi connectivity index (χ2n) is 11.9. The average molecular weight is 509 g/mol. The number of hydrogen-bond donors (Lipinski definition) is 1. The van der Waals surface area contributed by atoms with Gasteiger partial charge in [0.25, 0.3) is 0 Å². The van der Waals surface area contributed by atoms with Crippen LogP contribution in [0.15, 0.2) is 0 Å². The van der Waals surface area contributed by atoms with Crippen LogP contribution in [0, 0.1) is 11.8 Å². The molecule has 3 heteroatoms. The highest BCUT2D eigenvalue weighted by Gasteiger charge is 2.20. The van der Waals surface area contributed by atoms with Crippen LogP contribution in [-0.4, -0.2) is 16.9 Å². The molecule has 0 aromatic heterocycles. The molecule has 0 saturated carbocycles. The number of Topliss-reactive ketones (excluding diaryl/α,β-unsaturated/α-hetero) is 1. The maximum atomic E-state index is 12.7. The Morgan fingerprint density at radius 3 is 1.28 bits per heavy atom. The third-order valence-electron chi connectivity index (χ3n) is 7.74. The molecule has 0 spiro atoms. The second-order valence-corrected chi connectivity index (χ2v) is 11.9. The predicted octanol–water partition coefficient (Wildman–Crippen LogP) is 11.1. The van der Waals surface area contributed by atoms with Crippen molar-refractivity contribution in [1.29, 1.82) is 0 Å². The van der Waals surface area contributed by atoms with Crippen molar-refractivity contribution in [3.8, 4) is 0 Å². The first kappa shape index (κ1) is 35.1. The Balaban J connectivity index is 3.69. The van der Waals surface area contributed by atoms with Crippen molar-refractivity contribution in [2.75, 3.05) is 0 Å². The molecule has 1 unspecified atom stereocenters. The van der Waals surface area contributed by atoms with E-state index in [4.69, 9.17) is 0 Å². The number of carboxylic acids is 1. The van der Waals surface area contributed by atoms with Crippen LogP contribution in [0.2, 0.25) is 0 Å². The number of rotatable bonds is 29. The molecule has 0 amide bonds. The summed E-state index contributed by atoms with van der Waals surface area (Å²) in [5.74, 6) is -0.0601. The van der Waals surface area contributed by atoms with E-state index < -0.39 is 5.97 Å². The van der Waals surface area contributed by atoms with E-state index in [0.29, 0.717) is 6.42 Å². The predicted molar refractivity (Wildman–Crippen MR) is 157 cm³/mol. The summed E-state index contributed by atoms with van der Waals surface area (Å²) in [5, 5.41) is 9.26. The summed E-state index contributed by atoms with van der Waals surface area (Å²) in [6.45, 7) is 6.87. The van der Waals surface area contributed by atoms with Crippen LogP contribution >= 0.6 is 0 Å². The molecule has 0 aromatic carbocycles. The molecule has 0 aliphatic carbocycles. The molecule has 0 aliphatic heterocycles. The number of carbonyl (C=O) groups is 2. The third kappa shape index (κ3) is 26.2. The minimum Gasteiger partial charge on any atom is -0.481 e. The van der Waals surface area contributed by atoms with Crippen molar-refractivity contribution >= 4 is 11.8 Å². The van der Waals surface area contributed by atoms with Gasteiger partial charge in [0.2, 0.25) is 0 Å². The molecule has 0 fully saturated rings. The van der Waals surface area contributed by atoms with Gasteiger partial charge in [-0.25, -0.2) is 0 Å². The molecule has 3 nitrogen and oxygen atoms in total. The van der Waals surface area contributed by atoms with E-state index in [1.54, 1.807) is 0 Å². The summed E-state index contributed by atoms with van der Waals surface area (Å²) >= 11 is 0. The van der Waals surface area contributed by atoms with E-state index in [1.165, 1.54) is 122 Å². The van der Waals surface area contributed by atoms with Gasteiger partial charge in [0, 0.05) is 12.3 Å². The van der Waals surface area contributed by atoms with Crippen LogP contribution in [0.4, 0.5) is 0 Å². The number of hydrogen-bond acceptors (Lipinski definition) is 2. The molecule has 214 valence electrons. The zero-order valence-corrected chi connectivity index (χ0v) is 24.8. The van der Waals surface area contributed by atoms with Gasteiger partial charge in [0.15, 0.2) is 0 Å². The van der Waals surface area contributed by atoms with Crippen molar-refractivity contribution in [1.82, 2.24) is 0 Å². The van der Waals surface area contributed by atoms with Crippen molar-refractivity contribution in [3.63, 3.8) is 0 Å². The monoisotopic (exact) mass is 508 g/mol. The SMILES string of the molecule is CCCCCCCCCCCCCCCC(=O)C(CCCCCCCCCCCC(C)C)CC(=O)O. The van der Waals surface area contributed by atoms with Gasteiger partial charge >= 0.3 is 5.97 Å². The van der Waals surface area contributed by atoms with Gasteiger partial charge in [0.1, 0.15) is 5.78 Å². The molecular formula is C33H64O3. The normalized spacial score (nSPS) is 12.3. The summed E-state index contributed by atoms with van der Waals surface area (Å²) in [6.07, 6.45) is 31.0. The molecule has 0 aromatic rings. The molecular weight excluding hydrogens is 444 g/mol. The summed E-state index contributed by atoms with van der Waals surface area (Å²) in [4.78, 5) is 23.9. The van der Waals surface area contributed by atoms with Gasteiger partial charge in [0.05, 0.1) is 6.42 Å². The van der Waals surface area contributed by atoms with Gasteiger partial charge in [-0.1, -0.05) is 162 Å². The van der Waals surface area contributed by atoms with Crippen LogP contribution < -0.4 is 0 Å². The molecule has 1 atom stereocenters. The van der Waals surface area contributed by atoms with E-state index in [0.717, 1.165) is 38.0 Å². The van der Waals surface area contributed by atoms with Crippen molar-refractivity contribution in [3.05, 3.63) is 0 Å². The molecule has 0 rings (SSSR count). The summed E-state index contributed by atoms with van der Waals surface area (Å²) in [6, 6.07) is 0. The minimum absolute atomic E-state index is 0.0215. The fourth-order valence-electron chi connectivity index (χ4n) is 5.29. The Hall–Kier alpha value is -0.860. The fourth-order valence-corrected chi connectivity index (χ4v) is 5.29. The van der Waals surface area contributed by atoms with Gasteiger partial charge in [-0.2, -0.15) is 0 Å². The standard InChI is InChI=1S/C33H64O3/c1-4-5-6-7-8-9-10-11-12-16-19-22-25-28-32(34)31(29-33(35)36)27-24-21-18-15-13-14-17-20-23-26-30(2)3/h30-31H,4-29H2,1-3H3,(H,35,36). The lowest BCUT2D eigenvalue weighted by atomic mass is 9.90. The lowest BCUT2D eigenvalue weighted by Crippen LogP contribution is -2.18. The lowest BCUT2D eigenvalue weighted by Gasteiger charge is -2.14. The Morgan fingerprint density at radius 1 is 0.528 bits per heavy atom. The van der Waals surface area contributed by atoms with E-state index in [-0.39, 0.29) is 18.1 Å². The molecule has 0 aliphatic rings. The number of carbonyl (C=O) groups excluding carboxylic acids is 1. The van der Waals surface area contributed by atoms with Gasteiger partial charge in [-0.05, 0) is 18.8 Å². The smallest absolute Gasteiger partial charge is 0.304 e. The van der Waals surface area contributed by atoms with Crippen molar-refractivity contribution in [2.45, 2.75) is 188 Å². The Kier molecular flexibility index (Phi) is 26.5. The first-order valence-electron chi connectivity index (χ1n) is 16.2. The van der Waals surface area contributed by atoms with Crippen LogP contribution in [0.1, 0.15) is 188 Å². The first-order valence-corrected chi connectivity index (χ1v) is 16.2. The molecule has 36 heavy (non-hydrogen) atoms. The highest BCUT2D eigenvalue weighted by molar-refractivity contribution is 5.84. The second kappa shape index (κ2) is 27.2. The van der Waals surface area contributed by atoms with Crippen LogP contribution in [0.3, 0.4) is 0 Å². The fraction of sp³-hybridized carbons (Fsp3) is 0.939. The Morgan fingerprint density at radius 2 is 0.889 bits per heavy atom. The highest BCUT2D eigenvalue weighted by atomic mass is 16.4. The number of unbranched alkanes of at least 4 members (excludes halogenated alkanes) is 20. The zero-order valence-electron chi connectivity index (χ0n) is 24.8. The van der Waals surface area contributed by atoms with Gasteiger partial charge in [-0.15, -0.1) is 0 Å².